The number of carbonyl (C=O) groups is 1. The van der Waals surface area contributed by atoms with Crippen LogP contribution >= 0.6 is 0 Å². The van der Waals surface area contributed by atoms with Gasteiger partial charge in [0.1, 0.15) is 18.5 Å². The predicted molar refractivity (Wildman–Crippen MR) is 98.6 cm³/mol. The highest BCUT2D eigenvalue weighted by atomic mass is 16.2. The van der Waals surface area contributed by atoms with E-state index < -0.39 is 0 Å². The van der Waals surface area contributed by atoms with Crippen LogP contribution in [0.15, 0.2) is 37.1 Å². The summed E-state index contributed by atoms with van der Waals surface area (Å²) in [5, 5.41) is 7.54. The van der Waals surface area contributed by atoms with Gasteiger partial charge in [0.15, 0.2) is 0 Å². The average molecular weight is 354 g/mol. The summed E-state index contributed by atoms with van der Waals surface area (Å²) >= 11 is 0. The molecule has 3 heterocycles. The van der Waals surface area contributed by atoms with Crippen molar-refractivity contribution in [3.05, 3.63) is 37.1 Å². The summed E-state index contributed by atoms with van der Waals surface area (Å²) < 4.78 is 1.95. The van der Waals surface area contributed by atoms with Crippen LogP contribution in [-0.2, 0) is 4.79 Å². The van der Waals surface area contributed by atoms with Crippen molar-refractivity contribution in [3.8, 4) is 0 Å². The van der Waals surface area contributed by atoms with Gasteiger partial charge in [-0.3, -0.25) is 4.79 Å². The molecule has 1 N–H and O–H groups in total. The van der Waals surface area contributed by atoms with Crippen LogP contribution in [0.3, 0.4) is 0 Å². The molecule has 1 aliphatic carbocycles. The fourth-order valence-electron chi connectivity index (χ4n) is 4.15. The van der Waals surface area contributed by atoms with E-state index in [1.807, 2.05) is 29.1 Å². The maximum Gasteiger partial charge on any atom is 0.225 e. The van der Waals surface area contributed by atoms with Crippen molar-refractivity contribution in [2.45, 2.75) is 50.6 Å². The fourth-order valence-corrected chi connectivity index (χ4v) is 4.15. The molecule has 1 unspecified atom stereocenters. The smallest absolute Gasteiger partial charge is 0.225 e. The van der Waals surface area contributed by atoms with Crippen molar-refractivity contribution in [1.82, 2.24) is 25.1 Å². The molecule has 1 saturated carbocycles. The maximum atomic E-state index is 12.8. The molecule has 0 bridgehead atoms. The molecule has 4 rings (SSSR count). The molecule has 1 atom stereocenters. The molecule has 2 fully saturated rings. The number of hydrogen-bond donors (Lipinski definition) is 1. The lowest BCUT2D eigenvalue weighted by molar-refractivity contribution is -0.126. The number of amides is 1. The number of nitrogens with one attached hydrogen (secondary N) is 1. The summed E-state index contributed by atoms with van der Waals surface area (Å²) in [4.78, 5) is 23.5. The van der Waals surface area contributed by atoms with Crippen LogP contribution in [0.2, 0.25) is 0 Å². The lowest BCUT2D eigenvalue weighted by Crippen LogP contribution is -2.47. The Kier molecular flexibility index (Phi) is 5.13. The SMILES string of the molecule is O=C(NC1CCC(n2cncn2)CC1)C1CCCN(c2ccccn2)C1. The van der Waals surface area contributed by atoms with Crippen molar-refractivity contribution >= 4 is 11.7 Å². The van der Waals surface area contributed by atoms with Crippen molar-refractivity contribution in [3.63, 3.8) is 0 Å². The van der Waals surface area contributed by atoms with Gasteiger partial charge in [0.2, 0.25) is 5.91 Å². The van der Waals surface area contributed by atoms with E-state index in [1.165, 1.54) is 0 Å². The average Bonchev–Trinajstić information content (AvgIpc) is 3.24. The zero-order valence-corrected chi connectivity index (χ0v) is 15.0. The molecule has 1 amide bonds. The molecule has 2 aromatic rings. The monoisotopic (exact) mass is 354 g/mol. The third-order valence-electron chi connectivity index (χ3n) is 5.62. The Labute approximate surface area is 153 Å². The second-order valence-electron chi connectivity index (χ2n) is 7.36. The normalized spacial score (nSPS) is 26.5. The first-order chi connectivity index (χ1) is 12.8. The van der Waals surface area contributed by atoms with Crippen LogP contribution in [0.25, 0.3) is 0 Å². The highest BCUT2D eigenvalue weighted by Gasteiger charge is 2.29. The van der Waals surface area contributed by atoms with Crippen LogP contribution in [0, 0.1) is 5.92 Å². The number of rotatable bonds is 4. The van der Waals surface area contributed by atoms with E-state index in [-0.39, 0.29) is 17.9 Å². The van der Waals surface area contributed by atoms with Crippen molar-refractivity contribution < 1.29 is 4.79 Å². The Balaban J connectivity index is 1.28. The first-order valence-electron chi connectivity index (χ1n) is 9.60. The quantitative estimate of drug-likeness (QED) is 0.911. The molecule has 138 valence electrons. The molecule has 2 aromatic heterocycles. The molecule has 2 aliphatic rings. The largest absolute Gasteiger partial charge is 0.356 e. The number of anilines is 1. The summed E-state index contributed by atoms with van der Waals surface area (Å²) in [6.07, 6.45) is 11.3. The zero-order valence-electron chi connectivity index (χ0n) is 15.0. The van der Waals surface area contributed by atoms with E-state index in [0.29, 0.717) is 6.04 Å². The number of piperidine rings is 1. The van der Waals surface area contributed by atoms with Crippen molar-refractivity contribution in [2.75, 3.05) is 18.0 Å². The van der Waals surface area contributed by atoms with Crippen LogP contribution < -0.4 is 10.2 Å². The van der Waals surface area contributed by atoms with Crippen molar-refractivity contribution in [2.24, 2.45) is 5.92 Å². The Bertz CT molecular complexity index is 696. The minimum atomic E-state index is 0.0544. The Morgan fingerprint density at radius 3 is 2.77 bits per heavy atom. The molecule has 1 saturated heterocycles. The zero-order chi connectivity index (χ0) is 17.8. The summed E-state index contributed by atoms with van der Waals surface area (Å²) in [5.74, 6) is 1.23. The Morgan fingerprint density at radius 2 is 2.04 bits per heavy atom. The molecular weight excluding hydrogens is 328 g/mol. The van der Waals surface area contributed by atoms with E-state index in [4.69, 9.17) is 0 Å². The van der Waals surface area contributed by atoms with Gasteiger partial charge in [0.05, 0.1) is 12.0 Å². The third-order valence-corrected chi connectivity index (χ3v) is 5.62. The molecule has 7 nitrogen and oxygen atoms in total. The number of aromatic nitrogens is 4. The van der Waals surface area contributed by atoms with Gasteiger partial charge in [-0.05, 0) is 50.7 Å². The van der Waals surface area contributed by atoms with Gasteiger partial charge in [0, 0.05) is 25.3 Å². The van der Waals surface area contributed by atoms with Crippen LogP contribution in [0.1, 0.15) is 44.6 Å². The first-order valence-corrected chi connectivity index (χ1v) is 9.60. The van der Waals surface area contributed by atoms with Crippen LogP contribution in [0.5, 0.6) is 0 Å². The summed E-state index contributed by atoms with van der Waals surface area (Å²) in [7, 11) is 0. The number of carbonyl (C=O) groups excluding carboxylic acids is 1. The maximum absolute atomic E-state index is 12.8. The second kappa shape index (κ2) is 7.85. The Morgan fingerprint density at radius 1 is 1.15 bits per heavy atom. The summed E-state index contributed by atoms with van der Waals surface area (Å²) in [6.45, 7) is 1.74. The fraction of sp³-hybridized carbons (Fsp3) is 0.579. The minimum Gasteiger partial charge on any atom is -0.356 e. The standard InChI is InChI=1S/C19H26N6O/c26-19(15-4-3-11-24(12-15)18-5-1-2-10-21-18)23-16-6-8-17(9-7-16)25-14-20-13-22-25/h1-2,5,10,13-17H,3-4,6-9,11-12H2,(H,23,26). The lowest BCUT2D eigenvalue weighted by atomic mass is 9.90. The van der Waals surface area contributed by atoms with Crippen LogP contribution in [-0.4, -0.2) is 44.8 Å². The number of pyridine rings is 1. The molecule has 0 radical (unpaired) electrons. The predicted octanol–water partition coefficient (Wildman–Crippen LogP) is 2.19. The molecule has 0 aromatic carbocycles. The van der Waals surface area contributed by atoms with E-state index >= 15 is 0 Å². The number of hydrogen-bond acceptors (Lipinski definition) is 5. The summed E-state index contributed by atoms with van der Waals surface area (Å²) in [6, 6.07) is 6.64. The van der Waals surface area contributed by atoms with E-state index in [1.54, 1.807) is 12.7 Å². The second-order valence-corrected chi connectivity index (χ2v) is 7.36. The van der Waals surface area contributed by atoms with Gasteiger partial charge in [-0.2, -0.15) is 5.10 Å². The molecular formula is C19H26N6O. The van der Waals surface area contributed by atoms with Gasteiger partial charge in [-0.15, -0.1) is 0 Å². The van der Waals surface area contributed by atoms with E-state index in [9.17, 15) is 4.79 Å². The third kappa shape index (κ3) is 3.86. The van der Waals surface area contributed by atoms with Gasteiger partial charge in [-0.1, -0.05) is 6.07 Å². The topological polar surface area (TPSA) is 75.9 Å². The van der Waals surface area contributed by atoms with Gasteiger partial charge in [0.25, 0.3) is 0 Å². The lowest BCUT2D eigenvalue weighted by Gasteiger charge is -2.35. The molecule has 1 aliphatic heterocycles. The number of nitrogens with zero attached hydrogens (tertiary/aromatic N) is 5. The highest BCUT2D eigenvalue weighted by molar-refractivity contribution is 5.79. The van der Waals surface area contributed by atoms with Gasteiger partial charge < -0.3 is 10.2 Å². The minimum absolute atomic E-state index is 0.0544. The molecule has 7 heteroatoms. The Hall–Kier alpha value is -2.44. The first kappa shape index (κ1) is 17.0. The molecule has 0 spiro atoms. The van der Waals surface area contributed by atoms with Crippen molar-refractivity contribution in [1.29, 1.82) is 0 Å². The summed E-state index contributed by atoms with van der Waals surface area (Å²) in [5.41, 5.74) is 0. The van der Waals surface area contributed by atoms with Gasteiger partial charge in [-0.25, -0.2) is 14.6 Å². The van der Waals surface area contributed by atoms with E-state index in [0.717, 1.165) is 57.4 Å². The highest BCUT2D eigenvalue weighted by Crippen LogP contribution is 2.28. The van der Waals surface area contributed by atoms with E-state index in [2.05, 4.69) is 25.3 Å². The van der Waals surface area contributed by atoms with Crippen LogP contribution in [0.4, 0.5) is 5.82 Å². The molecule has 26 heavy (non-hydrogen) atoms. The van der Waals surface area contributed by atoms with Gasteiger partial charge >= 0.3 is 0 Å².